The van der Waals surface area contributed by atoms with Crippen LogP contribution in [0.4, 0.5) is 37.1 Å². The number of hydrogen-bond donors (Lipinski definition) is 2. The summed E-state index contributed by atoms with van der Waals surface area (Å²) < 4.78 is 79.5. The number of nitrogens with one attached hydrogen (secondary N) is 2. The number of alkyl halides is 6. The summed E-state index contributed by atoms with van der Waals surface area (Å²) in [6, 6.07) is 6.14. The lowest BCUT2D eigenvalue weighted by molar-refractivity contribution is -0.142. The molecule has 0 bridgehead atoms. The summed E-state index contributed by atoms with van der Waals surface area (Å²) in [6.07, 6.45) is -3.59. The van der Waals surface area contributed by atoms with Gasteiger partial charge in [-0.3, -0.25) is 19.9 Å². The molecule has 4 heterocycles. The van der Waals surface area contributed by atoms with Gasteiger partial charge in [0, 0.05) is 37.6 Å². The second-order valence-corrected chi connectivity index (χ2v) is 11.0. The highest BCUT2D eigenvalue weighted by atomic mass is 32.2. The molecule has 5 rings (SSSR count). The molecular formula is C28H24F6N6O2S. The average Bonchev–Trinajstić information content (AvgIpc) is 3.28. The number of rotatable bonds is 7. The zero-order chi connectivity index (χ0) is 30.8. The van der Waals surface area contributed by atoms with Crippen LogP contribution in [-0.4, -0.2) is 45.7 Å². The number of benzene rings is 1. The van der Waals surface area contributed by atoms with Crippen molar-refractivity contribution in [1.82, 2.24) is 25.6 Å². The van der Waals surface area contributed by atoms with Crippen LogP contribution >= 0.6 is 11.8 Å². The quantitative estimate of drug-likeness (QED) is 0.248. The molecule has 0 radical (unpaired) electrons. The van der Waals surface area contributed by atoms with Crippen LogP contribution in [0.5, 0.6) is 0 Å². The van der Waals surface area contributed by atoms with Gasteiger partial charge in [-0.25, -0.2) is 9.97 Å². The van der Waals surface area contributed by atoms with Gasteiger partial charge in [-0.1, -0.05) is 12.1 Å². The Balaban J connectivity index is 1.13. The van der Waals surface area contributed by atoms with Crippen molar-refractivity contribution in [2.75, 3.05) is 24.5 Å². The first-order chi connectivity index (χ1) is 20.4. The molecule has 2 N–H and O–H groups in total. The molecule has 226 valence electrons. The second-order valence-electron chi connectivity index (χ2n) is 10.0. The number of nitrogens with zero attached hydrogens (tertiary/aromatic N) is 4. The van der Waals surface area contributed by atoms with E-state index in [1.165, 1.54) is 12.3 Å². The van der Waals surface area contributed by atoms with E-state index < -0.39 is 40.2 Å². The highest BCUT2D eigenvalue weighted by molar-refractivity contribution is 8.18. The second kappa shape index (κ2) is 12.3. The van der Waals surface area contributed by atoms with Crippen molar-refractivity contribution < 1.29 is 35.9 Å². The average molecular weight is 623 g/mol. The zero-order valence-electron chi connectivity index (χ0n) is 22.3. The molecule has 2 aliphatic rings. The summed E-state index contributed by atoms with van der Waals surface area (Å²) in [4.78, 5) is 38.4. The number of piperidine rings is 1. The Bertz CT molecular complexity index is 1540. The molecule has 43 heavy (non-hydrogen) atoms. The number of thioether (sulfide) groups is 1. The number of anilines is 1. The Hall–Kier alpha value is -3.98. The zero-order valence-corrected chi connectivity index (χ0v) is 23.1. The van der Waals surface area contributed by atoms with Crippen LogP contribution in [0.15, 0.2) is 53.7 Å². The van der Waals surface area contributed by atoms with E-state index in [2.05, 4.69) is 25.6 Å². The van der Waals surface area contributed by atoms with Crippen molar-refractivity contribution in [3.63, 3.8) is 0 Å². The SMILES string of the molecule is O=C1NC(=O)/C(=C/c2ccnc(N3CCC(CNCc4ccc(-c5ccc(C(F)(F)F)cc5C(F)(F)F)nc4)CC3)n2)S1. The lowest BCUT2D eigenvalue weighted by Gasteiger charge is -2.32. The van der Waals surface area contributed by atoms with E-state index in [1.807, 2.05) is 4.90 Å². The fourth-order valence-electron chi connectivity index (χ4n) is 4.77. The van der Waals surface area contributed by atoms with Gasteiger partial charge in [0.1, 0.15) is 0 Å². The van der Waals surface area contributed by atoms with E-state index >= 15 is 0 Å². The van der Waals surface area contributed by atoms with Gasteiger partial charge >= 0.3 is 12.4 Å². The van der Waals surface area contributed by atoms with Crippen LogP contribution in [-0.2, 0) is 23.7 Å². The van der Waals surface area contributed by atoms with Crippen LogP contribution in [0.2, 0.25) is 0 Å². The highest BCUT2D eigenvalue weighted by Crippen LogP contribution is 2.40. The highest BCUT2D eigenvalue weighted by Gasteiger charge is 2.38. The molecule has 2 amide bonds. The standard InChI is InChI=1S/C28H24F6N6O2S/c29-27(30,31)18-2-3-20(21(11-18)28(32,33)34)22-4-1-17(15-37-22)14-35-13-16-6-9-40(10-7-16)25-36-8-5-19(38-25)12-23-24(41)39-26(42)43-23/h1-5,8,11-12,15-16,35H,6-7,9-10,13-14H2,(H,39,41,42)/b23-12-. The number of carbonyl (C=O) groups is 2. The van der Waals surface area contributed by atoms with Gasteiger partial charge in [-0.15, -0.1) is 0 Å². The molecule has 15 heteroatoms. The van der Waals surface area contributed by atoms with Gasteiger partial charge in [0.25, 0.3) is 11.1 Å². The van der Waals surface area contributed by atoms with E-state index in [9.17, 15) is 35.9 Å². The van der Waals surface area contributed by atoms with Gasteiger partial charge in [-0.05, 0) is 73.0 Å². The number of aromatic nitrogens is 3. The lowest BCUT2D eigenvalue weighted by atomic mass is 9.97. The fraction of sp³-hybridized carbons (Fsp3) is 0.321. The van der Waals surface area contributed by atoms with Crippen LogP contribution in [0, 0.1) is 5.92 Å². The van der Waals surface area contributed by atoms with Crippen molar-refractivity contribution in [3.8, 4) is 11.3 Å². The van der Waals surface area contributed by atoms with Crippen molar-refractivity contribution in [2.24, 2.45) is 5.92 Å². The smallest absolute Gasteiger partial charge is 0.341 e. The molecule has 3 aromatic rings. The number of amides is 2. The van der Waals surface area contributed by atoms with Crippen LogP contribution in [0.25, 0.3) is 17.3 Å². The van der Waals surface area contributed by atoms with E-state index in [0.29, 0.717) is 49.8 Å². The van der Waals surface area contributed by atoms with Crippen molar-refractivity contribution in [2.45, 2.75) is 31.7 Å². The molecule has 2 aromatic heterocycles. The van der Waals surface area contributed by atoms with Crippen LogP contribution < -0.4 is 15.5 Å². The van der Waals surface area contributed by atoms with E-state index in [4.69, 9.17) is 0 Å². The van der Waals surface area contributed by atoms with Crippen LogP contribution in [0.1, 0.15) is 35.2 Å². The summed E-state index contributed by atoms with van der Waals surface area (Å²) in [5.41, 5.74) is -2.01. The summed E-state index contributed by atoms with van der Waals surface area (Å²) >= 11 is 0.820. The van der Waals surface area contributed by atoms with Gasteiger partial charge in [0.05, 0.1) is 27.4 Å². The minimum absolute atomic E-state index is 0.0709. The Kier molecular flexibility index (Phi) is 8.74. The lowest BCUT2D eigenvalue weighted by Crippen LogP contribution is -2.38. The third kappa shape index (κ3) is 7.51. The Morgan fingerprint density at radius 2 is 1.77 bits per heavy atom. The molecule has 2 aliphatic heterocycles. The number of halogens is 6. The van der Waals surface area contributed by atoms with E-state index in [-0.39, 0.29) is 16.7 Å². The topological polar surface area (TPSA) is 100 Å². The number of imide groups is 1. The van der Waals surface area contributed by atoms with Crippen molar-refractivity contribution >= 4 is 34.9 Å². The van der Waals surface area contributed by atoms with Crippen molar-refractivity contribution in [1.29, 1.82) is 0 Å². The van der Waals surface area contributed by atoms with E-state index in [0.717, 1.165) is 36.2 Å². The molecular weight excluding hydrogens is 598 g/mol. The Morgan fingerprint density at radius 1 is 1.00 bits per heavy atom. The van der Waals surface area contributed by atoms with Gasteiger partial charge < -0.3 is 10.2 Å². The van der Waals surface area contributed by atoms with Crippen LogP contribution in [0.3, 0.4) is 0 Å². The Morgan fingerprint density at radius 3 is 2.40 bits per heavy atom. The summed E-state index contributed by atoms with van der Waals surface area (Å²) in [5.74, 6) is 0.438. The first-order valence-corrected chi connectivity index (χ1v) is 14.0. The monoisotopic (exact) mass is 622 g/mol. The normalized spacial score (nSPS) is 17.5. The predicted octanol–water partition coefficient (Wildman–Crippen LogP) is 5.91. The summed E-state index contributed by atoms with van der Waals surface area (Å²) in [5, 5.41) is 5.11. The number of carbonyl (C=O) groups excluding carboxylic acids is 2. The molecule has 1 aromatic carbocycles. The third-order valence-corrected chi connectivity index (χ3v) is 7.81. The molecule has 8 nitrogen and oxygen atoms in total. The molecule has 0 aliphatic carbocycles. The summed E-state index contributed by atoms with van der Waals surface area (Å²) in [6.45, 7) is 2.54. The summed E-state index contributed by atoms with van der Waals surface area (Å²) in [7, 11) is 0. The Labute approximate surface area is 246 Å². The number of pyridine rings is 1. The minimum Gasteiger partial charge on any atom is -0.341 e. The molecule has 2 saturated heterocycles. The minimum atomic E-state index is -4.98. The van der Waals surface area contributed by atoms with Crippen molar-refractivity contribution in [3.05, 3.63) is 76.1 Å². The van der Waals surface area contributed by atoms with Gasteiger partial charge in [-0.2, -0.15) is 26.3 Å². The first kappa shape index (κ1) is 30.5. The molecule has 0 saturated carbocycles. The maximum atomic E-state index is 13.5. The van der Waals surface area contributed by atoms with Gasteiger partial charge in [0.2, 0.25) is 5.95 Å². The van der Waals surface area contributed by atoms with Gasteiger partial charge in [0.15, 0.2) is 0 Å². The maximum Gasteiger partial charge on any atom is 0.417 e. The molecule has 0 atom stereocenters. The molecule has 0 unspecified atom stereocenters. The largest absolute Gasteiger partial charge is 0.417 e. The predicted molar refractivity (Wildman–Crippen MR) is 147 cm³/mol. The molecule has 2 fully saturated rings. The number of hydrogen-bond acceptors (Lipinski definition) is 8. The fourth-order valence-corrected chi connectivity index (χ4v) is 5.44. The third-order valence-electron chi connectivity index (χ3n) is 7.00. The van der Waals surface area contributed by atoms with E-state index in [1.54, 1.807) is 24.4 Å². The first-order valence-electron chi connectivity index (χ1n) is 13.1. The molecule has 0 spiro atoms. The maximum absolute atomic E-state index is 13.5.